The van der Waals surface area contributed by atoms with Crippen molar-refractivity contribution in [3.05, 3.63) is 29.8 Å². The van der Waals surface area contributed by atoms with E-state index in [-0.39, 0.29) is 17.5 Å². The molecule has 0 atom stereocenters. The van der Waals surface area contributed by atoms with E-state index in [0.717, 1.165) is 12.1 Å². The normalized spacial score (nSPS) is 18.7. The monoisotopic (exact) mass is 351 g/mol. The van der Waals surface area contributed by atoms with Crippen molar-refractivity contribution in [1.82, 2.24) is 9.80 Å². The van der Waals surface area contributed by atoms with Crippen LogP contribution in [0.1, 0.15) is 19.8 Å². The third-order valence-electron chi connectivity index (χ3n) is 4.79. The molecule has 0 bridgehead atoms. The van der Waals surface area contributed by atoms with Gasteiger partial charge in [0.25, 0.3) is 0 Å². The second-order valence-corrected chi connectivity index (χ2v) is 6.46. The number of benzene rings is 1. The van der Waals surface area contributed by atoms with Crippen LogP contribution in [-0.2, 0) is 14.4 Å². The molecule has 1 aliphatic carbocycles. The molecule has 3 amide bonds. The van der Waals surface area contributed by atoms with Crippen molar-refractivity contribution in [2.45, 2.75) is 19.8 Å². The maximum absolute atomic E-state index is 13.7. The van der Waals surface area contributed by atoms with Gasteiger partial charge in [-0.1, -0.05) is 0 Å². The first-order chi connectivity index (χ1) is 11.8. The van der Waals surface area contributed by atoms with E-state index < -0.39 is 23.0 Å². The van der Waals surface area contributed by atoms with Gasteiger partial charge in [0.05, 0.1) is 5.69 Å². The molecule has 1 aliphatic heterocycles. The molecule has 6 nitrogen and oxygen atoms in total. The summed E-state index contributed by atoms with van der Waals surface area (Å²) < 4.78 is 26.7. The molecule has 1 aromatic rings. The van der Waals surface area contributed by atoms with E-state index in [4.69, 9.17) is 0 Å². The van der Waals surface area contributed by atoms with Crippen LogP contribution >= 0.6 is 0 Å². The molecule has 1 N–H and O–H groups in total. The zero-order valence-electron chi connectivity index (χ0n) is 13.8. The number of anilines is 1. The van der Waals surface area contributed by atoms with E-state index in [1.54, 1.807) is 9.80 Å². The van der Waals surface area contributed by atoms with Crippen LogP contribution in [0, 0.1) is 17.0 Å². The van der Waals surface area contributed by atoms with E-state index in [0.29, 0.717) is 45.1 Å². The number of hydrogen-bond acceptors (Lipinski definition) is 3. The molecule has 2 aliphatic rings. The predicted molar refractivity (Wildman–Crippen MR) is 85.5 cm³/mol. The average Bonchev–Trinajstić information content (AvgIpc) is 3.38. The average molecular weight is 351 g/mol. The number of carbonyl (C=O) groups is 3. The van der Waals surface area contributed by atoms with Crippen LogP contribution in [0.5, 0.6) is 0 Å². The molecule has 0 spiro atoms. The van der Waals surface area contributed by atoms with Gasteiger partial charge in [0.1, 0.15) is 17.0 Å². The Hall–Kier alpha value is -2.51. The number of nitrogens with zero attached hydrogens (tertiary/aromatic N) is 2. The minimum absolute atomic E-state index is 0.0437. The summed E-state index contributed by atoms with van der Waals surface area (Å²) in [6.07, 6.45) is 0.792. The molecule has 134 valence electrons. The first-order valence-electron chi connectivity index (χ1n) is 8.15. The van der Waals surface area contributed by atoms with E-state index in [9.17, 15) is 23.2 Å². The number of nitrogens with one attached hydrogen (secondary N) is 1. The summed E-state index contributed by atoms with van der Waals surface area (Å²) in [6.45, 7) is 3.10. The van der Waals surface area contributed by atoms with Crippen molar-refractivity contribution in [3.63, 3.8) is 0 Å². The molecule has 0 radical (unpaired) electrons. The van der Waals surface area contributed by atoms with Gasteiger partial charge < -0.3 is 15.1 Å². The SMILES string of the molecule is CC(=O)N1CCN(C(=O)C2(C(=O)Nc3ccc(F)cc3F)CC2)CC1. The van der Waals surface area contributed by atoms with E-state index in [1.165, 1.54) is 6.92 Å². The van der Waals surface area contributed by atoms with Gasteiger partial charge in [-0.2, -0.15) is 0 Å². The number of hydrogen-bond donors (Lipinski definition) is 1. The Bertz CT molecular complexity index is 726. The largest absolute Gasteiger partial charge is 0.339 e. The maximum Gasteiger partial charge on any atom is 0.240 e. The third kappa shape index (κ3) is 3.33. The smallest absolute Gasteiger partial charge is 0.240 e. The van der Waals surface area contributed by atoms with Gasteiger partial charge in [0, 0.05) is 39.2 Å². The Morgan fingerprint density at radius 2 is 1.64 bits per heavy atom. The van der Waals surface area contributed by atoms with Crippen LogP contribution < -0.4 is 5.32 Å². The van der Waals surface area contributed by atoms with E-state index in [2.05, 4.69) is 5.32 Å². The molecule has 8 heteroatoms. The summed E-state index contributed by atoms with van der Waals surface area (Å²) in [4.78, 5) is 39.8. The van der Waals surface area contributed by atoms with Crippen LogP contribution in [0.25, 0.3) is 0 Å². The molecule has 1 aromatic carbocycles. The molecule has 1 saturated carbocycles. The van der Waals surface area contributed by atoms with Crippen LogP contribution in [0.3, 0.4) is 0 Å². The van der Waals surface area contributed by atoms with Crippen LogP contribution in [0.15, 0.2) is 18.2 Å². The summed E-state index contributed by atoms with van der Waals surface area (Å²) in [6, 6.07) is 2.85. The van der Waals surface area contributed by atoms with Gasteiger partial charge in [-0.25, -0.2) is 8.78 Å². The molecule has 0 aromatic heterocycles. The summed E-state index contributed by atoms with van der Waals surface area (Å²) in [5.41, 5.74) is -1.33. The maximum atomic E-state index is 13.7. The Labute approximate surface area is 143 Å². The quantitative estimate of drug-likeness (QED) is 0.837. The Kier molecular flexibility index (Phi) is 4.45. The van der Waals surface area contributed by atoms with Gasteiger partial charge in [-0.15, -0.1) is 0 Å². The minimum Gasteiger partial charge on any atom is -0.339 e. The molecule has 0 unspecified atom stereocenters. The summed E-state index contributed by atoms with van der Waals surface area (Å²) in [5.74, 6) is -2.53. The number of piperazine rings is 1. The summed E-state index contributed by atoms with van der Waals surface area (Å²) in [7, 11) is 0. The van der Waals surface area contributed by atoms with Crippen molar-refractivity contribution in [1.29, 1.82) is 0 Å². The first kappa shape index (κ1) is 17.3. The molecule has 25 heavy (non-hydrogen) atoms. The minimum atomic E-state index is -1.18. The Morgan fingerprint density at radius 1 is 1.04 bits per heavy atom. The van der Waals surface area contributed by atoms with Gasteiger partial charge in [0.15, 0.2) is 0 Å². The zero-order chi connectivity index (χ0) is 18.2. The number of carbonyl (C=O) groups excluding carboxylic acids is 3. The highest BCUT2D eigenvalue weighted by molar-refractivity contribution is 6.13. The fourth-order valence-corrected chi connectivity index (χ4v) is 3.02. The highest BCUT2D eigenvalue weighted by Crippen LogP contribution is 2.48. The van der Waals surface area contributed by atoms with Gasteiger partial charge in [-0.3, -0.25) is 14.4 Å². The van der Waals surface area contributed by atoms with Gasteiger partial charge >= 0.3 is 0 Å². The van der Waals surface area contributed by atoms with E-state index in [1.807, 2.05) is 0 Å². The lowest BCUT2D eigenvalue weighted by atomic mass is 10.0. The lowest BCUT2D eigenvalue weighted by Gasteiger charge is -2.35. The molecule has 3 rings (SSSR count). The number of halogens is 2. The van der Waals surface area contributed by atoms with Crippen molar-refractivity contribution >= 4 is 23.4 Å². The fourth-order valence-electron chi connectivity index (χ4n) is 3.02. The molecule has 2 fully saturated rings. The highest BCUT2D eigenvalue weighted by atomic mass is 19.1. The van der Waals surface area contributed by atoms with Gasteiger partial charge in [-0.05, 0) is 25.0 Å². The Balaban J connectivity index is 1.66. The van der Waals surface area contributed by atoms with Crippen LogP contribution in [0.2, 0.25) is 0 Å². The van der Waals surface area contributed by atoms with Crippen LogP contribution in [-0.4, -0.2) is 53.7 Å². The van der Waals surface area contributed by atoms with Crippen molar-refractivity contribution in [2.75, 3.05) is 31.5 Å². The standard InChI is InChI=1S/C17H19F2N3O3/c1-11(23)21-6-8-22(9-7-21)16(25)17(4-5-17)15(24)20-14-3-2-12(18)10-13(14)19/h2-3,10H,4-9H2,1H3,(H,20,24). The number of amides is 3. The van der Waals surface area contributed by atoms with Crippen LogP contribution in [0.4, 0.5) is 14.5 Å². The van der Waals surface area contributed by atoms with Crippen molar-refractivity contribution in [2.24, 2.45) is 5.41 Å². The highest BCUT2D eigenvalue weighted by Gasteiger charge is 2.58. The molecular formula is C17H19F2N3O3. The first-order valence-corrected chi connectivity index (χ1v) is 8.15. The Morgan fingerprint density at radius 3 is 2.16 bits per heavy atom. The molecular weight excluding hydrogens is 332 g/mol. The predicted octanol–water partition coefficient (Wildman–Crippen LogP) is 1.37. The lowest BCUT2D eigenvalue weighted by molar-refractivity contribution is -0.146. The second kappa shape index (κ2) is 6.42. The molecule has 1 saturated heterocycles. The van der Waals surface area contributed by atoms with Gasteiger partial charge in [0.2, 0.25) is 17.7 Å². The third-order valence-corrected chi connectivity index (χ3v) is 4.79. The zero-order valence-corrected chi connectivity index (χ0v) is 13.8. The lowest BCUT2D eigenvalue weighted by Crippen LogP contribution is -2.53. The topological polar surface area (TPSA) is 69.7 Å². The second-order valence-electron chi connectivity index (χ2n) is 6.46. The molecule has 1 heterocycles. The summed E-state index contributed by atoms with van der Waals surface area (Å²) in [5, 5.41) is 2.39. The van der Waals surface area contributed by atoms with Crippen molar-refractivity contribution in [3.8, 4) is 0 Å². The fraction of sp³-hybridized carbons (Fsp3) is 0.471. The summed E-state index contributed by atoms with van der Waals surface area (Å²) >= 11 is 0. The number of rotatable bonds is 3. The van der Waals surface area contributed by atoms with Crippen molar-refractivity contribution < 1.29 is 23.2 Å². The van der Waals surface area contributed by atoms with E-state index >= 15 is 0 Å².